The van der Waals surface area contributed by atoms with Crippen molar-refractivity contribution in [2.75, 3.05) is 43.2 Å². The van der Waals surface area contributed by atoms with E-state index in [1.165, 1.54) is 13.2 Å². The van der Waals surface area contributed by atoms with Crippen molar-refractivity contribution in [2.45, 2.75) is 19.0 Å². The van der Waals surface area contributed by atoms with E-state index < -0.39 is 18.1 Å². The molecule has 128 valence electrons. The lowest BCUT2D eigenvalue weighted by molar-refractivity contribution is -0.179. The summed E-state index contributed by atoms with van der Waals surface area (Å²) >= 11 is 0. The highest BCUT2D eigenvalue weighted by atomic mass is 19.4. The molecular weight excluding hydrogens is 311 g/mol. The number of rotatable bonds is 3. The second-order valence-corrected chi connectivity index (χ2v) is 5.50. The number of piperidine rings is 1. The maximum Gasteiger partial charge on any atom is 0.391 e. The number of methoxy groups -OCH3 is 1. The number of ether oxygens (including phenoxy) is 1. The molecule has 0 amide bonds. The number of nitrogens with two attached hydrogens (primary N) is 1. The summed E-state index contributed by atoms with van der Waals surface area (Å²) in [4.78, 5) is 13.7. The van der Waals surface area contributed by atoms with Crippen molar-refractivity contribution in [2.24, 2.45) is 5.92 Å². The van der Waals surface area contributed by atoms with Gasteiger partial charge in [-0.3, -0.25) is 0 Å². The van der Waals surface area contributed by atoms with Crippen LogP contribution in [-0.2, 0) is 4.74 Å². The number of hydrogen-bond acceptors (Lipinski definition) is 5. The maximum atomic E-state index is 12.8. The predicted molar refractivity (Wildman–Crippen MR) is 82.7 cm³/mol. The fourth-order valence-electron chi connectivity index (χ4n) is 2.80. The fraction of sp³-hybridized carbons (Fsp3) is 0.533. The summed E-state index contributed by atoms with van der Waals surface area (Å²) in [7, 11) is 2.94. The van der Waals surface area contributed by atoms with E-state index in [9.17, 15) is 18.0 Å². The first-order valence-corrected chi connectivity index (χ1v) is 7.29. The van der Waals surface area contributed by atoms with E-state index in [1.807, 2.05) is 0 Å². The van der Waals surface area contributed by atoms with Crippen molar-refractivity contribution in [3.05, 3.63) is 17.7 Å². The molecule has 0 unspecified atom stereocenters. The standard InChI is InChI=1S/C15H20F3N3O2/c1-20-12-8-13(10(7-11(12)19)14(22)23-2)21-5-3-9(4-6-21)15(16,17)18/h7-9,20H,3-6,19H2,1-2H3. The van der Waals surface area contributed by atoms with Crippen LogP contribution in [0.3, 0.4) is 0 Å². The summed E-state index contributed by atoms with van der Waals surface area (Å²) in [5.74, 6) is -1.86. The summed E-state index contributed by atoms with van der Waals surface area (Å²) in [6.07, 6.45) is -4.17. The molecule has 3 N–H and O–H groups in total. The Bertz CT molecular complexity index is 582. The lowest BCUT2D eigenvalue weighted by atomic mass is 9.95. The molecular formula is C15H20F3N3O2. The van der Waals surface area contributed by atoms with Crippen LogP contribution in [-0.4, -0.2) is 39.4 Å². The minimum Gasteiger partial charge on any atom is -0.465 e. The van der Waals surface area contributed by atoms with Crippen LogP contribution in [0, 0.1) is 5.92 Å². The molecule has 8 heteroatoms. The van der Waals surface area contributed by atoms with E-state index in [0.29, 0.717) is 17.1 Å². The molecule has 1 aromatic carbocycles. The summed E-state index contributed by atoms with van der Waals surface area (Å²) in [6, 6.07) is 3.17. The molecule has 0 radical (unpaired) electrons. The van der Waals surface area contributed by atoms with E-state index in [-0.39, 0.29) is 31.5 Å². The zero-order valence-electron chi connectivity index (χ0n) is 13.0. The highest BCUT2D eigenvalue weighted by Crippen LogP contribution is 2.37. The van der Waals surface area contributed by atoms with Gasteiger partial charge >= 0.3 is 12.1 Å². The van der Waals surface area contributed by atoms with E-state index in [0.717, 1.165) is 0 Å². The van der Waals surface area contributed by atoms with Crippen molar-refractivity contribution in [1.29, 1.82) is 0 Å². The summed E-state index contributed by atoms with van der Waals surface area (Å²) in [5.41, 5.74) is 7.65. The molecule has 0 atom stereocenters. The maximum absolute atomic E-state index is 12.8. The molecule has 1 heterocycles. The first kappa shape index (κ1) is 17.2. The number of carbonyl (C=O) groups excluding carboxylic acids is 1. The smallest absolute Gasteiger partial charge is 0.391 e. The van der Waals surface area contributed by atoms with Crippen LogP contribution < -0.4 is 16.0 Å². The molecule has 23 heavy (non-hydrogen) atoms. The Morgan fingerprint density at radius 3 is 2.43 bits per heavy atom. The third kappa shape index (κ3) is 3.62. The SMILES string of the molecule is CNc1cc(N2CCC(C(F)(F)F)CC2)c(C(=O)OC)cc1N. The highest BCUT2D eigenvalue weighted by Gasteiger charge is 2.41. The molecule has 5 nitrogen and oxygen atoms in total. The Balaban J connectivity index is 2.30. The van der Waals surface area contributed by atoms with Crippen LogP contribution in [0.25, 0.3) is 0 Å². The van der Waals surface area contributed by atoms with Crippen molar-refractivity contribution in [3.63, 3.8) is 0 Å². The number of halogens is 3. The molecule has 0 saturated carbocycles. The predicted octanol–water partition coefficient (Wildman–Crippen LogP) is 2.88. The molecule has 1 aromatic rings. The monoisotopic (exact) mass is 331 g/mol. The average molecular weight is 331 g/mol. The third-order valence-electron chi connectivity index (χ3n) is 4.14. The van der Waals surface area contributed by atoms with Crippen molar-refractivity contribution >= 4 is 23.0 Å². The van der Waals surface area contributed by atoms with Crippen LogP contribution in [0.1, 0.15) is 23.2 Å². The van der Waals surface area contributed by atoms with Gasteiger partial charge in [-0.1, -0.05) is 0 Å². The number of hydrogen-bond donors (Lipinski definition) is 2. The van der Waals surface area contributed by atoms with Gasteiger partial charge in [0.25, 0.3) is 0 Å². The number of anilines is 3. The number of alkyl halides is 3. The second kappa shape index (κ2) is 6.55. The first-order valence-electron chi connectivity index (χ1n) is 7.29. The largest absolute Gasteiger partial charge is 0.465 e. The van der Waals surface area contributed by atoms with Crippen LogP contribution >= 0.6 is 0 Å². The number of nitrogen functional groups attached to an aromatic ring is 1. The molecule has 1 aliphatic rings. The minimum absolute atomic E-state index is 0.00335. The van der Waals surface area contributed by atoms with Gasteiger partial charge < -0.3 is 20.7 Å². The summed E-state index contributed by atoms with van der Waals surface area (Å²) < 4.78 is 43.1. The zero-order chi connectivity index (χ0) is 17.2. The van der Waals surface area contributed by atoms with Crippen LogP contribution in [0.4, 0.5) is 30.2 Å². The number of nitrogens with zero attached hydrogens (tertiary/aromatic N) is 1. The van der Waals surface area contributed by atoms with Crippen molar-refractivity contribution in [3.8, 4) is 0 Å². The minimum atomic E-state index is -4.17. The van der Waals surface area contributed by atoms with Crippen molar-refractivity contribution < 1.29 is 22.7 Å². The number of nitrogens with one attached hydrogen (secondary N) is 1. The average Bonchev–Trinajstić information content (AvgIpc) is 2.53. The topological polar surface area (TPSA) is 67.6 Å². The van der Waals surface area contributed by atoms with Gasteiger partial charge in [0.05, 0.1) is 35.7 Å². The van der Waals surface area contributed by atoms with Gasteiger partial charge in [0.2, 0.25) is 0 Å². The Morgan fingerprint density at radius 1 is 1.35 bits per heavy atom. The number of esters is 1. The first-order chi connectivity index (χ1) is 10.8. The summed E-state index contributed by atoms with van der Waals surface area (Å²) in [5, 5.41) is 2.91. The lowest BCUT2D eigenvalue weighted by Gasteiger charge is -2.35. The molecule has 2 rings (SSSR count). The molecule has 1 fully saturated rings. The molecule has 1 saturated heterocycles. The van der Waals surface area contributed by atoms with Crippen LogP contribution in [0.2, 0.25) is 0 Å². The Labute approximate surface area is 132 Å². The van der Waals surface area contributed by atoms with Gasteiger partial charge in [-0.2, -0.15) is 13.2 Å². The molecule has 0 spiro atoms. The molecule has 1 aliphatic heterocycles. The van der Waals surface area contributed by atoms with Gasteiger partial charge in [0, 0.05) is 20.1 Å². The third-order valence-corrected chi connectivity index (χ3v) is 4.14. The van der Waals surface area contributed by atoms with E-state index in [1.54, 1.807) is 18.0 Å². The number of benzene rings is 1. The van der Waals surface area contributed by atoms with Crippen LogP contribution in [0.5, 0.6) is 0 Å². The van der Waals surface area contributed by atoms with Gasteiger partial charge in [0.15, 0.2) is 0 Å². The van der Waals surface area contributed by atoms with Gasteiger partial charge in [-0.05, 0) is 25.0 Å². The Kier molecular flexibility index (Phi) is 4.91. The molecule has 0 aromatic heterocycles. The van der Waals surface area contributed by atoms with Gasteiger partial charge in [-0.15, -0.1) is 0 Å². The molecule has 0 bridgehead atoms. The quantitative estimate of drug-likeness (QED) is 0.658. The molecule has 0 aliphatic carbocycles. The van der Waals surface area contributed by atoms with E-state index >= 15 is 0 Å². The van der Waals surface area contributed by atoms with E-state index in [2.05, 4.69) is 5.32 Å². The van der Waals surface area contributed by atoms with E-state index in [4.69, 9.17) is 10.5 Å². The van der Waals surface area contributed by atoms with Gasteiger partial charge in [-0.25, -0.2) is 4.79 Å². The number of carbonyl (C=O) groups is 1. The summed E-state index contributed by atoms with van der Waals surface area (Å²) in [6.45, 7) is 0.447. The van der Waals surface area contributed by atoms with Crippen molar-refractivity contribution in [1.82, 2.24) is 0 Å². The van der Waals surface area contributed by atoms with Crippen LogP contribution in [0.15, 0.2) is 12.1 Å². The Hall–Kier alpha value is -2.12. The Morgan fingerprint density at radius 2 is 1.96 bits per heavy atom. The van der Waals surface area contributed by atoms with Gasteiger partial charge in [0.1, 0.15) is 0 Å². The highest BCUT2D eigenvalue weighted by molar-refractivity contribution is 5.99. The fourth-order valence-corrected chi connectivity index (χ4v) is 2.80. The lowest BCUT2D eigenvalue weighted by Crippen LogP contribution is -2.39. The normalized spacial score (nSPS) is 16.3. The second-order valence-electron chi connectivity index (χ2n) is 5.50. The zero-order valence-corrected chi connectivity index (χ0v) is 13.0.